The second kappa shape index (κ2) is 9.70. The summed E-state index contributed by atoms with van der Waals surface area (Å²) in [7, 11) is 0. The zero-order valence-corrected chi connectivity index (χ0v) is 18.6. The summed E-state index contributed by atoms with van der Waals surface area (Å²) in [5, 5.41) is 15.0. The number of allylic oxidation sites excluding steroid dienone is 2. The molecule has 3 amide bonds. The first-order valence-electron chi connectivity index (χ1n) is 10.9. The van der Waals surface area contributed by atoms with Gasteiger partial charge in [-0.3, -0.25) is 4.79 Å². The predicted octanol–water partition coefficient (Wildman–Crippen LogP) is 2.74. The van der Waals surface area contributed by atoms with Crippen molar-refractivity contribution >= 4 is 17.9 Å². The van der Waals surface area contributed by atoms with Crippen LogP contribution in [-0.4, -0.2) is 40.7 Å². The molecule has 9 heteroatoms. The molecule has 0 aromatic heterocycles. The summed E-state index contributed by atoms with van der Waals surface area (Å²) in [4.78, 5) is 38.3. The van der Waals surface area contributed by atoms with Crippen LogP contribution in [0, 0.1) is 5.92 Å². The van der Waals surface area contributed by atoms with E-state index in [4.69, 9.17) is 15.6 Å². The zero-order valence-electron chi connectivity index (χ0n) is 18.6. The van der Waals surface area contributed by atoms with Gasteiger partial charge < -0.3 is 26.2 Å². The highest BCUT2D eigenvalue weighted by Gasteiger charge is 2.53. The van der Waals surface area contributed by atoms with Crippen molar-refractivity contribution in [2.75, 3.05) is 6.54 Å². The third-order valence-corrected chi connectivity index (χ3v) is 5.84. The number of hydrogen-bond donors (Lipinski definition) is 4. The Morgan fingerprint density at radius 2 is 1.91 bits per heavy atom. The van der Waals surface area contributed by atoms with Crippen LogP contribution < -0.4 is 21.1 Å². The first-order valence-corrected chi connectivity index (χ1v) is 10.9. The van der Waals surface area contributed by atoms with Crippen LogP contribution in [0.3, 0.4) is 0 Å². The summed E-state index contributed by atoms with van der Waals surface area (Å²) in [5.74, 6) is -1.13. The molecule has 4 rings (SSSR count). The lowest BCUT2D eigenvalue weighted by atomic mass is 9.88. The van der Waals surface area contributed by atoms with Crippen molar-refractivity contribution < 1.29 is 24.2 Å². The molecule has 0 radical (unpaired) electrons. The summed E-state index contributed by atoms with van der Waals surface area (Å²) in [6, 6.07) is 14.4. The number of carboxylic acids is 1. The number of aromatic carboxylic acids is 1. The average Bonchev–Trinajstić information content (AvgIpc) is 2.83. The van der Waals surface area contributed by atoms with Gasteiger partial charge in [-0.25, -0.2) is 14.5 Å². The minimum Gasteiger partial charge on any atom is -0.478 e. The number of urea groups is 1. The van der Waals surface area contributed by atoms with Crippen LogP contribution in [0.2, 0.25) is 0 Å². The standard InChI is InChI=1S/C25H26N4O5/c1-15(17-5-3-2-4-6-17)28-25(33)29-22(30)20(13-16-11-12-27-21(26)14-16)23(29)34-19-9-7-18(8-10-19)24(31)32/h2-11,14-15,20,23,27H,12-13,26H2,1H3,(H,28,33)(H,31,32)/t15?,20-,23?/m0/s1. The monoisotopic (exact) mass is 462 g/mol. The van der Waals surface area contributed by atoms with Gasteiger partial charge in [-0.1, -0.05) is 36.4 Å². The van der Waals surface area contributed by atoms with Gasteiger partial charge in [0.15, 0.2) is 6.23 Å². The lowest BCUT2D eigenvalue weighted by Gasteiger charge is -2.45. The van der Waals surface area contributed by atoms with Gasteiger partial charge in [0.2, 0.25) is 5.91 Å². The molecule has 2 unspecified atom stereocenters. The molecule has 2 aromatic carbocycles. The number of nitrogens with two attached hydrogens (primary N) is 1. The molecule has 2 aliphatic rings. The number of β-lactam (4-membered cyclic amide) rings is 1. The lowest BCUT2D eigenvalue weighted by Crippen LogP contribution is -2.67. The van der Waals surface area contributed by atoms with E-state index < -0.39 is 24.1 Å². The summed E-state index contributed by atoms with van der Waals surface area (Å²) >= 11 is 0. The van der Waals surface area contributed by atoms with Crippen molar-refractivity contribution in [1.82, 2.24) is 15.5 Å². The van der Waals surface area contributed by atoms with Crippen LogP contribution in [0.25, 0.3) is 0 Å². The largest absolute Gasteiger partial charge is 0.478 e. The van der Waals surface area contributed by atoms with E-state index >= 15 is 0 Å². The fourth-order valence-electron chi connectivity index (χ4n) is 3.96. The van der Waals surface area contributed by atoms with E-state index in [1.807, 2.05) is 43.3 Å². The molecular weight excluding hydrogens is 436 g/mol. The van der Waals surface area contributed by atoms with Gasteiger partial charge in [0.05, 0.1) is 23.3 Å². The van der Waals surface area contributed by atoms with E-state index in [0.29, 0.717) is 24.5 Å². The van der Waals surface area contributed by atoms with E-state index in [9.17, 15) is 14.4 Å². The van der Waals surface area contributed by atoms with Crippen LogP contribution in [0.1, 0.15) is 35.3 Å². The maximum absolute atomic E-state index is 13.0. The van der Waals surface area contributed by atoms with Crippen LogP contribution in [0.15, 0.2) is 78.1 Å². The molecule has 2 aliphatic heterocycles. The number of likely N-dealkylation sites (tertiary alicyclic amines) is 1. The highest BCUT2D eigenvalue weighted by molar-refractivity contribution is 6.01. The molecule has 2 aromatic rings. The minimum absolute atomic E-state index is 0.111. The highest BCUT2D eigenvalue weighted by atomic mass is 16.5. The summed E-state index contributed by atoms with van der Waals surface area (Å²) < 4.78 is 6.01. The van der Waals surface area contributed by atoms with E-state index in [0.717, 1.165) is 16.0 Å². The second-order valence-electron chi connectivity index (χ2n) is 8.20. The van der Waals surface area contributed by atoms with Gasteiger partial charge in [-0.15, -0.1) is 0 Å². The molecule has 1 fully saturated rings. The van der Waals surface area contributed by atoms with Gasteiger partial charge in [-0.2, -0.15) is 0 Å². The molecule has 9 nitrogen and oxygen atoms in total. The first-order chi connectivity index (χ1) is 16.3. The van der Waals surface area contributed by atoms with Gasteiger partial charge in [-0.05, 0) is 54.8 Å². The zero-order chi connectivity index (χ0) is 24.2. The van der Waals surface area contributed by atoms with Crippen LogP contribution in [-0.2, 0) is 4.79 Å². The summed E-state index contributed by atoms with van der Waals surface area (Å²) in [6.07, 6.45) is 3.20. The first kappa shape index (κ1) is 22.9. The molecule has 0 bridgehead atoms. The molecule has 0 saturated carbocycles. The molecule has 34 heavy (non-hydrogen) atoms. The number of dihydropyridines is 1. The molecule has 3 atom stereocenters. The van der Waals surface area contributed by atoms with Gasteiger partial charge in [0.25, 0.3) is 0 Å². The Hall–Kier alpha value is -4.27. The number of hydrogen-bond acceptors (Lipinski definition) is 6. The molecule has 176 valence electrons. The number of carbonyl (C=O) groups is 3. The lowest BCUT2D eigenvalue weighted by molar-refractivity contribution is -0.166. The maximum atomic E-state index is 13.0. The van der Waals surface area contributed by atoms with Crippen molar-refractivity contribution in [3.05, 3.63) is 89.3 Å². The van der Waals surface area contributed by atoms with E-state index in [-0.39, 0.29) is 17.5 Å². The number of rotatable bonds is 7. The molecular formula is C25H26N4O5. The topological polar surface area (TPSA) is 134 Å². The molecule has 1 saturated heterocycles. The Morgan fingerprint density at radius 3 is 2.56 bits per heavy atom. The van der Waals surface area contributed by atoms with Crippen molar-refractivity contribution in [3.63, 3.8) is 0 Å². The molecule has 2 heterocycles. The van der Waals surface area contributed by atoms with Crippen molar-refractivity contribution in [3.8, 4) is 5.75 Å². The smallest absolute Gasteiger partial charge is 0.335 e. The Labute approximate surface area is 196 Å². The fraction of sp³-hybridized carbons (Fsp3) is 0.240. The fourth-order valence-corrected chi connectivity index (χ4v) is 3.96. The average molecular weight is 463 g/mol. The normalized spacial score (nSPS) is 20.3. The summed E-state index contributed by atoms with van der Waals surface area (Å²) in [5.41, 5.74) is 7.74. The van der Waals surface area contributed by atoms with E-state index in [2.05, 4.69) is 10.6 Å². The number of ether oxygens (including phenoxy) is 1. The predicted molar refractivity (Wildman–Crippen MR) is 125 cm³/mol. The van der Waals surface area contributed by atoms with Crippen LogP contribution in [0.5, 0.6) is 5.75 Å². The number of carbonyl (C=O) groups excluding carboxylic acids is 2. The van der Waals surface area contributed by atoms with Crippen LogP contribution in [0.4, 0.5) is 4.79 Å². The Morgan fingerprint density at radius 1 is 1.21 bits per heavy atom. The number of imide groups is 1. The Kier molecular flexibility index (Phi) is 6.53. The number of nitrogens with one attached hydrogen (secondary N) is 2. The maximum Gasteiger partial charge on any atom is 0.335 e. The molecule has 5 N–H and O–H groups in total. The van der Waals surface area contributed by atoms with E-state index in [1.165, 1.54) is 24.3 Å². The second-order valence-corrected chi connectivity index (χ2v) is 8.20. The number of nitrogens with zero attached hydrogens (tertiary/aromatic N) is 1. The Bertz CT molecular complexity index is 1140. The third-order valence-electron chi connectivity index (χ3n) is 5.84. The van der Waals surface area contributed by atoms with Crippen molar-refractivity contribution in [2.45, 2.75) is 25.6 Å². The van der Waals surface area contributed by atoms with Gasteiger partial charge in [0.1, 0.15) is 5.75 Å². The SMILES string of the molecule is CC(NC(=O)N1C(=O)[C@H](CC2=CCNC(N)=C2)C1Oc1ccc(C(=O)O)cc1)c1ccccc1. The van der Waals surface area contributed by atoms with Crippen molar-refractivity contribution in [1.29, 1.82) is 0 Å². The molecule has 0 spiro atoms. The Balaban J connectivity index is 1.52. The van der Waals surface area contributed by atoms with Crippen LogP contribution >= 0.6 is 0 Å². The molecule has 0 aliphatic carbocycles. The number of benzene rings is 2. The van der Waals surface area contributed by atoms with Gasteiger partial charge >= 0.3 is 12.0 Å². The number of amides is 3. The van der Waals surface area contributed by atoms with Gasteiger partial charge in [0, 0.05) is 6.54 Å². The highest BCUT2D eigenvalue weighted by Crippen LogP contribution is 2.35. The van der Waals surface area contributed by atoms with Crippen molar-refractivity contribution in [2.24, 2.45) is 11.7 Å². The third kappa shape index (κ3) is 4.88. The number of carboxylic acid groups (broad SMARTS) is 1. The quantitative estimate of drug-likeness (QED) is 0.465. The summed E-state index contributed by atoms with van der Waals surface area (Å²) in [6.45, 7) is 2.39. The minimum atomic E-state index is -1.05. The van der Waals surface area contributed by atoms with E-state index in [1.54, 1.807) is 6.08 Å².